The number of aromatic hydroxyl groups is 1. The van der Waals surface area contributed by atoms with Crippen LogP contribution < -0.4 is 5.73 Å². The Bertz CT molecular complexity index is 998. The molecule has 0 aliphatic heterocycles. The summed E-state index contributed by atoms with van der Waals surface area (Å²) in [5, 5.41) is 29.1. The monoisotopic (exact) mass is 389 g/mol. The van der Waals surface area contributed by atoms with Crippen LogP contribution in [0.5, 0.6) is 5.75 Å². The second-order valence-corrected chi connectivity index (χ2v) is 7.33. The van der Waals surface area contributed by atoms with E-state index >= 15 is 0 Å². The second-order valence-electron chi connectivity index (χ2n) is 6.08. The minimum atomic E-state index is -0.803. The smallest absolute Gasteiger partial charge is 0.115 e. The Kier molecular flexibility index (Phi) is 6.45. The van der Waals surface area contributed by atoms with Gasteiger partial charge in [-0.1, -0.05) is 18.2 Å². The number of thioether (sulfide) groups is 1. The Morgan fingerprint density at radius 3 is 2.46 bits per heavy atom. The number of hydrogen-bond donors (Lipinski definition) is 3. The van der Waals surface area contributed by atoms with Crippen molar-refractivity contribution in [3.05, 3.63) is 95.8 Å². The number of aliphatic hydroxyl groups excluding tert-OH is 1. The number of nitrogens with two attached hydrogens (primary N) is 1. The Hall–Kier alpha value is -3.11. The Balaban J connectivity index is 1.81. The number of phenols is 1. The van der Waals surface area contributed by atoms with Gasteiger partial charge in [-0.3, -0.25) is 4.98 Å². The molecular formula is C22H19N3O2S. The van der Waals surface area contributed by atoms with E-state index in [1.807, 2.05) is 12.1 Å². The van der Waals surface area contributed by atoms with E-state index in [0.717, 1.165) is 10.5 Å². The minimum absolute atomic E-state index is 0.191. The first-order valence-corrected chi connectivity index (χ1v) is 9.46. The number of allylic oxidation sites excluding steroid dienone is 1. The standard InChI is InChI=1S/C22H19N3O2S/c23-14-18(13-21(24)28-20-6-4-19(26)5-7-20)16-2-1-3-17(12-16)22(27)15-8-10-25-11-9-15/h1-13,21-22,26-27H,24H2/b18-13+. The van der Waals surface area contributed by atoms with E-state index in [9.17, 15) is 15.5 Å². The number of hydrogen-bond acceptors (Lipinski definition) is 6. The van der Waals surface area contributed by atoms with Crippen LogP contribution in [0.15, 0.2) is 84.0 Å². The highest BCUT2D eigenvalue weighted by atomic mass is 32.2. The van der Waals surface area contributed by atoms with Gasteiger partial charge >= 0.3 is 0 Å². The fourth-order valence-electron chi connectivity index (χ4n) is 2.69. The zero-order valence-electron chi connectivity index (χ0n) is 14.9. The molecule has 0 saturated heterocycles. The van der Waals surface area contributed by atoms with E-state index in [4.69, 9.17) is 5.73 Å². The first kappa shape index (κ1) is 19.6. The van der Waals surface area contributed by atoms with Gasteiger partial charge < -0.3 is 15.9 Å². The molecule has 4 N–H and O–H groups in total. The maximum absolute atomic E-state index is 10.6. The average molecular weight is 389 g/mol. The van der Waals surface area contributed by atoms with Crippen molar-refractivity contribution in [2.45, 2.75) is 16.4 Å². The number of benzene rings is 2. The van der Waals surface area contributed by atoms with E-state index in [0.29, 0.717) is 16.7 Å². The molecular weight excluding hydrogens is 370 g/mol. The third-order valence-corrected chi connectivity index (χ3v) is 5.05. The first-order valence-electron chi connectivity index (χ1n) is 8.58. The van der Waals surface area contributed by atoms with Gasteiger partial charge in [-0.05, 0) is 65.2 Å². The van der Waals surface area contributed by atoms with Gasteiger partial charge in [0.05, 0.1) is 17.0 Å². The van der Waals surface area contributed by atoms with Crippen molar-refractivity contribution in [1.29, 1.82) is 5.26 Å². The lowest BCUT2D eigenvalue weighted by molar-refractivity contribution is 0.220. The van der Waals surface area contributed by atoms with Crippen LogP contribution in [0.3, 0.4) is 0 Å². The molecule has 0 saturated carbocycles. The molecule has 0 amide bonds. The number of phenolic OH excluding ortho intramolecular Hbond substituents is 1. The van der Waals surface area contributed by atoms with E-state index in [2.05, 4.69) is 11.1 Å². The van der Waals surface area contributed by atoms with E-state index in [1.165, 1.54) is 11.8 Å². The maximum Gasteiger partial charge on any atom is 0.115 e. The molecule has 3 aromatic rings. The highest BCUT2D eigenvalue weighted by Gasteiger charge is 2.13. The second kappa shape index (κ2) is 9.20. The van der Waals surface area contributed by atoms with Crippen LogP contribution in [-0.4, -0.2) is 20.6 Å². The minimum Gasteiger partial charge on any atom is -0.508 e. The molecule has 2 aromatic carbocycles. The maximum atomic E-state index is 10.6. The fourth-order valence-corrected chi connectivity index (χ4v) is 3.50. The van der Waals surface area contributed by atoms with E-state index < -0.39 is 11.5 Å². The molecule has 0 spiro atoms. The van der Waals surface area contributed by atoms with E-state index in [-0.39, 0.29) is 5.75 Å². The topological polar surface area (TPSA) is 103 Å². The van der Waals surface area contributed by atoms with Crippen LogP contribution in [0.4, 0.5) is 0 Å². The summed E-state index contributed by atoms with van der Waals surface area (Å²) in [6, 6.07) is 19.6. The van der Waals surface area contributed by atoms with Crippen LogP contribution in [-0.2, 0) is 0 Å². The molecule has 1 heterocycles. The molecule has 6 heteroatoms. The largest absolute Gasteiger partial charge is 0.508 e. The van der Waals surface area contributed by atoms with Crippen LogP contribution in [0, 0.1) is 11.3 Å². The highest BCUT2D eigenvalue weighted by Crippen LogP contribution is 2.27. The van der Waals surface area contributed by atoms with Gasteiger partial charge in [0.1, 0.15) is 11.9 Å². The summed E-state index contributed by atoms with van der Waals surface area (Å²) in [7, 11) is 0. The molecule has 2 atom stereocenters. The predicted octanol–water partition coefficient (Wildman–Crippen LogP) is 3.85. The van der Waals surface area contributed by atoms with Gasteiger partial charge in [0.15, 0.2) is 0 Å². The summed E-state index contributed by atoms with van der Waals surface area (Å²) in [6.45, 7) is 0. The lowest BCUT2D eigenvalue weighted by Gasteiger charge is -2.13. The lowest BCUT2D eigenvalue weighted by Crippen LogP contribution is -2.12. The zero-order chi connectivity index (χ0) is 19.9. The van der Waals surface area contributed by atoms with Crippen molar-refractivity contribution in [2.75, 3.05) is 0 Å². The molecule has 3 rings (SSSR count). The van der Waals surface area contributed by atoms with Gasteiger partial charge in [0.2, 0.25) is 0 Å². The van der Waals surface area contributed by atoms with Crippen molar-refractivity contribution in [3.8, 4) is 11.8 Å². The summed E-state index contributed by atoms with van der Waals surface area (Å²) in [5.41, 5.74) is 8.70. The molecule has 0 aliphatic carbocycles. The summed E-state index contributed by atoms with van der Waals surface area (Å²) < 4.78 is 0. The average Bonchev–Trinajstić information content (AvgIpc) is 2.74. The Morgan fingerprint density at radius 1 is 1.07 bits per heavy atom. The number of pyridine rings is 1. The van der Waals surface area contributed by atoms with Crippen LogP contribution >= 0.6 is 11.8 Å². The van der Waals surface area contributed by atoms with Crippen molar-refractivity contribution in [3.63, 3.8) is 0 Å². The molecule has 140 valence electrons. The molecule has 0 radical (unpaired) electrons. The molecule has 0 aliphatic rings. The summed E-state index contributed by atoms with van der Waals surface area (Å²) in [4.78, 5) is 4.85. The Morgan fingerprint density at radius 2 is 1.79 bits per heavy atom. The van der Waals surface area contributed by atoms with Crippen molar-refractivity contribution < 1.29 is 10.2 Å². The molecule has 0 fully saturated rings. The number of rotatable bonds is 6. The molecule has 28 heavy (non-hydrogen) atoms. The first-order chi connectivity index (χ1) is 13.6. The van der Waals surface area contributed by atoms with Crippen molar-refractivity contribution >= 4 is 17.3 Å². The van der Waals surface area contributed by atoms with E-state index in [1.54, 1.807) is 67.0 Å². The summed E-state index contributed by atoms with van der Waals surface area (Å²) in [6.07, 6.45) is 4.14. The number of nitriles is 1. The number of aromatic nitrogens is 1. The number of aliphatic hydroxyl groups is 1. The predicted molar refractivity (Wildman–Crippen MR) is 110 cm³/mol. The fraction of sp³-hybridized carbons (Fsp3) is 0.0909. The number of nitrogens with zero attached hydrogens (tertiary/aromatic N) is 2. The molecule has 0 bridgehead atoms. The van der Waals surface area contributed by atoms with Gasteiger partial charge in [-0.25, -0.2) is 0 Å². The molecule has 1 aromatic heterocycles. The lowest BCUT2D eigenvalue weighted by atomic mass is 9.98. The van der Waals surface area contributed by atoms with Gasteiger partial charge in [0, 0.05) is 17.3 Å². The van der Waals surface area contributed by atoms with Gasteiger partial charge in [-0.2, -0.15) is 5.26 Å². The summed E-state index contributed by atoms with van der Waals surface area (Å²) >= 11 is 1.38. The molecule has 2 unspecified atom stereocenters. The van der Waals surface area contributed by atoms with Crippen molar-refractivity contribution in [2.24, 2.45) is 5.73 Å². The highest BCUT2D eigenvalue weighted by molar-refractivity contribution is 8.00. The van der Waals surface area contributed by atoms with Crippen LogP contribution in [0.1, 0.15) is 22.8 Å². The van der Waals surface area contributed by atoms with Crippen LogP contribution in [0.25, 0.3) is 5.57 Å². The summed E-state index contributed by atoms with van der Waals surface area (Å²) in [5.74, 6) is 0.191. The van der Waals surface area contributed by atoms with Crippen LogP contribution in [0.2, 0.25) is 0 Å². The zero-order valence-corrected chi connectivity index (χ0v) is 15.8. The normalized spacial score (nSPS) is 13.5. The SMILES string of the molecule is N#C/C(=C\C(N)Sc1ccc(O)cc1)c1cccc(C(O)c2ccncc2)c1. The van der Waals surface area contributed by atoms with Crippen molar-refractivity contribution in [1.82, 2.24) is 4.98 Å². The third-order valence-electron chi connectivity index (χ3n) is 4.10. The quantitative estimate of drug-likeness (QED) is 0.336. The Labute approximate surface area is 167 Å². The van der Waals surface area contributed by atoms with Gasteiger partial charge in [-0.15, -0.1) is 11.8 Å². The third kappa shape index (κ3) is 4.99. The van der Waals surface area contributed by atoms with Gasteiger partial charge in [0.25, 0.3) is 0 Å². The molecule has 5 nitrogen and oxygen atoms in total.